The highest BCUT2D eigenvalue weighted by Crippen LogP contribution is 2.28. The summed E-state index contributed by atoms with van der Waals surface area (Å²) in [5.41, 5.74) is 3.27. The predicted octanol–water partition coefficient (Wildman–Crippen LogP) is 5.21. The van der Waals surface area contributed by atoms with Crippen LogP contribution in [0, 0.1) is 0 Å². The summed E-state index contributed by atoms with van der Waals surface area (Å²) in [5, 5.41) is 14.8. The average molecular weight is 407 g/mol. The van der Waals surface area contributed by atoms with Gasteiger partial charge in [-0.2, -0.15) is 0 Å². The number of benzene rings is 2. The summed E-state index contributed by atoms with van der Waals surface area (Å²) in [6, 6.07) is 16.3. The molecule has 5 heteroatoms. The van der Waals surface area contributed by atoms with Crippen molar-refractivity contribution in [3.63, 3.8) is 0 Å². The van der Waals surface area contributed by atoms with E-state index in [1.54, 1.807) is 7.11 Å². The molecule has 3 aromatic rings. The van der Waals surface area contributed by atoms with E-state index in [0.29, 0.717) is 24.8 Å². The van der Waals surface area contributed by atoms with Gasteiger partial charge in [0.1, 0.15) is 11.4 Å². The fourth-order valence-corrected chi connectivity index (χ4v) is 4.61. The molecule has 1 aliphatic rings. The molecule has 0 spiro atoms. The number of carboxylic acids is 1. The Morgan fingerprint density at radius 2 is 1.77 bits per heavy atom. The van der Waals surface area contributed by atoms with E-state index in [0.717, 1.165) is 27.8 Å². The lowest BCUT2D eigenvalue weighted by atomic mass is 10.1. The van der Waals surface area contributed by atoms with Crippen LogP contribution in [-0.2, 0) is 13.1 Å². The molecular weight excluding hydrogens is 376 g/mol. The highest BCUT2D eigenvalue weighted by molar-refractivity contribution is 5.98. The molecule has 4 rings (SSSR count). The van der Waals surface area contributed by atoms with Crippen LogP contribution >= 0.6 is 0 Å². The van der Waals surface area contributed by atoms with E-state index < -0.39 is 5.97 Å². The number of methoxy groups -OCH3 is 1. The van der Waals surface area contributed by atoms with Crippen molar-refractivity contribution in [2.75, 3.05) is 7.11 Å². The molecule has 0 radical (unpaired) electrons. The SMILES string of the molecule is COc1ccc(Cn2c(C(=O)O)c(CNC3CCCCCC3)c3ccccc32)cc1. The fourth-order valence-electron chi connectivity index (χ4n) is 4.61. The van der Waals surface area contributed by atoms with Crippen molar-refractivity contribution < 1.29 is 14.6 Å². The minimum atomic E-state index is -0.877. The molecule has 0 unspecified atom stereocenters. The normalized spacial score (nSPS) is 15.2. The molecule has 0 bridgehead atoms. The van der Waals surface area contributed by atoms with E-state index in [2.05, 4.69) is 5.32 Å². The van der Waals surface area contributed by atoms with Crippen molar-refractivity contribution in [3.8, 4) is 5.75 Å². The van der Waals surface area contributed by atoms with Crippen LogP contribution in [0.4, 0.5) is 0 Å². The largest absolute Gasteiger partial charge is 0.497 e. The minimum absolute atomic E-state index is 0.383. The quantitative estimate of drug-likeness (QED) is 0.529. The van der Waals surface area contributed by atoms with Crippen LogP contribution in [0.3, 0.4) is 0 Å². The number of hydrogen-bond donors (Lipinski definition) is 2. The summed E-state index contributed by atoms with van der Waals surface area (Å²) < 4.78 is 7.18. The number of hydrogen-bond acceptors (Lipinski definition) is 3. The van der Waals surface area contributed by atoms with E-state index in [-0.39, 0.29) is 0 Å². The Balaban J connectivity index is 1.68. The zero-order valence-corrected chi connectivity index (χ0v) is 17.6. The van der Waals surface area contributed by atoms with Crippen molar-refractivity contribution in [1.82, 2.24) is 9.88 Å². The van der Waals surface area contributed by atoms with Crippen molar-refractivity contribution >= 4 is 16.9 Å². The smallest absolute Gasteiger partial charge is 0.352 e. The first-order valence-electron chi connectivity index (χ1n) is 10.9. The van der Waals surface area contributed by atoms with E-state index >= 15 is 0 Å². The Morgan fingerprint density at radius 3 is 2.43 bits per heavy atom. The zero-order chi connectivity index (χ0) is 20.9. The molecule has 5 nitrogen and oxygen atoms in total. The number of nitrogens with zero attached hydrogens (tertiary/aromatic N) is 1. The topological polar surface area (TPSA) is 63.5 Å². The summed E-state index contributed by atoms with van der Waals surface area (Å²) >= 11 is 0. The third kappa shape index (κ3) is 4.36. The van der Waals surface area contributed by atoms with E-state index in [9.17, 15) is 9.90 Å². The van der Waals surface area contributed by atoms with Crippen LogP contribution < -0.4 is 10.1 Å². The van der Waals surface area contributed by atoms with Crippen LogP contribution in [0.1, 0.15) is 60.1 Å². The number of para-hydroxylation sites is 1. The van der Waals surface area contributed by atoms with Gasteiger partial charge in [0, 0.05) is 35.6 Å². The second kappa shape index (κ2) is 9.35. The molecule has 1 aromatic heterocycles. The number of nitrogens with one attached hydrogen (secondary N) is 1. The van der Waals surface area contributed by atoms with Gasteiger partial charge >= 0.3 is 5.97 Å². The van der Waals surface area contributed by atoms with Gasteiger partial charge in [-0.1, -0.05) is 56.0 Å². The molecule has 0 aliphatic heterocycles. The standard InChI is InChI=1S/C25H30N2O3/c1-30-20-14-12-18(13-15-20)17-27-23-11-7-6-10-21(23)22(24(27)25(28)29)16-26-19-8-4-2-3-5-9-19/h6-7,10-15,19,26H,2-5,8-9,16-17H2,1H3,(H,28,29). The van der Waals surface area contributed by atoms with Gasteiger partial charge in [0.25, 0.3) is 0 Å². The molecule has 2 aromatic carbocycles. The van der Waals surface area contributed by atoms with E-state index in [1.165, 1.54) is 38.5 Å². The molecule has 1 saturated carbocycles. The summed E-state index contributed by atoms with van der Waals surface area (Å²) in [6.07, 6.45) is 7.46. The Bertz CT molecular complexity index is 999. The van der Waals surface area contributed by atoms with Gasteiger partial charge in [-0.05, 0) is 36.6 Å². The molecule has 158 valence electrons. The molecule has 0 amide bonds. The van der Waals surface area contributed by atoms with Crippen LogP contribution in [0.25, 0.3) is 10.9 Å². The molecule has 30 heavy (non-hydrogen) atoms. The van der Waals surface area contributed by atoms with Gasteiger partial charge < -0.3 is 19.7 Å². The number of fused-ring (bicyclic) bond motifs is 1. The Hall–Kier alpha value is -2.79. The third-order valence-corrected chi connectivity index (χ3v) is 6.20. The number of rotatable bonds is 7. The Labute approximate surface area is 177 Å². The fraction of sp³-hybridized carbons (Fsp3) is 0.400. The van der Waals surface area contributed by atoms with Crippen molar-refractivity contribution in [3.05, 3.63) is 65.4 Å². The summed E-state index contributed by atoms with van der Waals surface area (Å²) in [4.78, 5) is 12.3. The number of aromatic nitrogens is 1. The summed E-state index contributed by atoms with van der Waals surface area (Å²) in [6.45, 7) is 1.10. The first-order chi connectivity index (χ1) is 14.7. The van der Waals surface area contributed by atoms with Crippen LogP contribution in [0.5, 0.6) is 5.75 Å². The van der Waals surface area contributed by atoms with Gasteiger partial charge in [0.15, 0.2) is 0 Å². The van der Waals surface area contributed by atoms with Crippen LogP contribution in [-0.4, -0.2) is 28.8 Å². The molecule has 0 saturated heterocycles. The monoisotopic (exact) mass is 406 g/mol. The highest BCUT2D eigenvalue weighted by Gasteiger charge is 2.23. The molecule has 1 fully saturated rings. The number of ether oxygens (including phenoxy) is 1. The number of carboxylic acid groups (broad SMARTS) is 1. The lowest BCUT2D eigenvalue weighted by molar-refractivity contribution is 0.0684. The molecule has 0 atom stereocenters. The lowest BCUT2D eigenvalue weighted by Crippen LogP contribution is -2.28. The zero-order valence-electron chi connectivity index (χ0n) is 17.6. The third-order valence-electron chi connectivity index (χ3n) is 6.20. The van der Waals surface area contributed by atoms with Gasteiger partial charge in [-0.15, -0.1) is 0 Å². The molecular formula is C25H30N2O3. The number of carbonyl (C=O) groups is 1. The molecule has 1 heterocycles. The minimum Gasteiger partial charge on any atom is -0.497 e. The van der Waals surface area contributed by atoms with Gasteiger partial charge in [-0.25, -0.2) is 4.79 Å². The van der Waals surface area contributed by atoms with Gasteiger partial charge in [0.2, 0.25) is 0 Å². The first kappa shape index (κ1) is 20.5. The summed E-state index contributed by atoms with van der Waals surface area (Å²) in [7, 11) is 1.64. The van der Waals surface area contributed by atoms with E-state index in [4.69, 9.17) is 4.74 Å². The van der Waals surface area contributed by atoms with Crippen molar-refractivity contribution in [2.45, 2.75) is 57.7 Å². The van der Waals surface area contributed by atoms with E-state index in [1.807, 2.05) is 53.1 Å². The number of aromatic carboxylic acids is 1. The lowest BCUT2D eigenvalue weighted by Gasteiger charge is -2.16. The first-order valence-corrected chi connectivity index (χ1v) is 10.9. The predicted molar refractivity (Wildman–Crippen MR) is 119 cm³/mol. The second-order valence-electron chi connectivity index (χ2n) is 8.15. The Morgan fingerprint density at radius 1 is 1.07 bits per heavy atom. The second-order valence-corrected chi connectivity index (χ2v) is 8.15. The summed E-state index contributed by atoms with van der Waals surface area (Å²) in [5.74, 6) is -0.0831. The maximum absolute atomic E-state index is 12.3. The van der Waals surface area contributed by atoms with Crippen molar-refractivity contribution in [1.29, 1.82) is 0 Å². The van der Waals surface area contributed by atoms with Gasteiger partial charge in [-0.3, -0.25) is 0 Å². The van der Waals surface area contributed by atoms with Crippen LogP contribution in [0.15, 0.2) is 48.5 Å². The van der Waals surface area contributed by atoms with Crippen LogP contribution in [0.2, 0.25) is 0 Å². The maximum Gasteiger partial charge on any atom is 0.352 e. The molecule has 2 N–H and O–H groups in total. The maximum atomic E-state index is 12.3. The Kier molecular flexibility index (Phi) is 6.38. The van der Waals surface area contributed by atoms with Gasteiger partial charge in [0.05, 0.1) is 7.11 Å². The molecule has 1 aliphatic carbocycles. The highest BCUT2D eigenvalue weighted by atomic mass is 16.5. The average Bonchev–Trinajstić information content (AvgIpc) is 2.90. The van der Waals surface area contributed by atoms with Crippen molar-refractivity contribution in [2.24, 2.45) is 0 Å².